The Balaban J connectivity index is 1.95. The molecule has 5 heteroatoms. The predicted molar refractivity (Wildman–Crippen MR) is 62.5 cm³/mol. The fourth-order valence-corrected chi connectivity index (χ4v) is 2.98. The minimum atomic E-state index is -0.702. The van der Waals surface area contributed by atoms with Crippen LogP contribution in [0.25, 0.3) is 0 Å². The van der Waals surface area contributed by atoms with Crippen LogP contribution in [0.15, 0.2) is 5.38 Å². The minimum Gasteiger partial charge on any atom is -0.481 e. The topological polar surface area (TPSA) is 53.4 Å². The highest BCUT2D eigenvalue weighted by Gasteiger charge is 2.26. The van der Waals surface area contributed by atoms with E-state index in [0.717, 1.165) is 36.6 Å². The molecule has 0 bridgehead atoms. The summed E-state index contributed by atoms with van der Waals surface area (Å²) >= 11 is 1.66. The Bertz CT molecular complexity index is 378. The summed E-state index contributed by atoms with van der Waals surface area (Å²) in [6.07, 6.45) is 2.35. The summed E-state index contributed by atoms with van der Waals surface area (Å²) in [5.41, 5.74) is 1.05. The fraction of sp³-hybridized carbons (Fsp3) is 0.636. The zero-order chi connectivity index (χ0) is 11.5. The van der Waals surface area contributed by atoms with Gasteiger partial charge in [0.15, 0.2) is 0 Å². The molecular formula is C11H16N2O2S. The average Bonchev–Trinajstić information content (AvgIpc) is 2.77. The van der Waals surface area contributed by atoms with Crippen LogP contribution < -0.4 is 0 Å². The molecule has 0 aromatic carbocycles. The van der Waals surface area contributed by atoms with Crippen molar-refractivity contribution in [1.29, 1.82) is 0 Å². The van der Waals surface area contributed by atoms with E-state index in [2.05, 4.69) is 9.88 Å². The van der Waals surface area contributed by atoms with E-state index in [9.17, 15) is 4.79 Å². The van der Waals surface area contributed by atoms with Gasteiger partial charge in [-0.3, -0.25) is 9.69 Å². The van der Waals surface area contributed by atoms with Gasteiger partial charge in [-0.05, 0) is 26.3 Å². The number of carboxylic acid groups (broad SMARTS) is 1. The SMILES string of the molecule is Cc1csc(CN2CCCC2CC(=O)O)n1. The highest BCUT2D eigenvalue weighted by Crippen LogP contribution is 2.23. The Labute approximate surface area is 98.9 Å². The molecule has 2 rings (SSSR count). The Morgan fingerprint density at radius 3 is 3.19 bits per heavy atom. The van der Waals surface area contributed by atoms with E-state index >= 15 is 0 Å². The van der Waals surface area contributed by atoms with Crippen molar-refractivity contribution in [2.45, 2.75) is 38.8 Å². The molecule has 88 valence electrons. The van der Waals surface area contributed by atoms with E-state index in [1.807, 2.05) is 12.3 Å². The number of likely N-dealkylation sites (tertiary alicyclic amines) is 1. The van der Waals surface area contributed by atoms with Crippen LogP contribution in [0.3, 0.4) is 0 Å². The lowest BCUT2D eigenvalue weighted by Gasteiger charge is -2.21. The molecular weight excluding hydrogens is 224 g/mol. The zero-order valence-electron chi connectivity index (χ0n) is 9.35. The van der Waals surface area contributed by atoms with Gasteiger partial charge in [0, 0.05) is 17.1 Å². The first-order chi connectivity index (χ1) is 7.65. The maximum atomic E-state index is 10.7. The van der Waals surface area contributed by atoms with Crippen molar-refractivity contribution >= 4 is 17.3 Å². The summed E-state index contributed by atoms with van der Waals surface area (Å²) in [5, 5.41) is 12.0. The largest absolute Gasteiger partial charge is 0.481 e. The molecule has 0 saturated carbocycles. The van der Waals surface area contributed by atoms with Gasteiger partial charge < -0.3 is 5.11 Å². The Morgan fingerprint density at radius 2 is 2.56 bits per heavy atom. The highest BCUT2D eigenvalue weighted by molar-refractivity contribution is 7.09. The van der Waals surface area contributed by atoms with Crippen LogP contribution in [0.2, 0.25) is 0 Å². The molecule has 0 aliphatic carbocycles. The predicted octanol–water partition coefficient (Wildman–Crippen LogP) is 1.89. The number of carbonyl (C=O) groups is 1. The van der Waals surface area contributed by atoms with Gasteiger partial charge in [-0.25, -0.2) is 4.98 Å². The normalized spacial score (nSPS) is 21.4. The van der Waals surface area contributed by atoms with Gasteiger partial charge in [0.2, 0.25) is 0 Å². The fourth-order valence-electron chi connectivity index (χ4n) is 2.19. The molecule has 0 amide bonds. The first-order valence-corrected chi connectivity index (χ1v) is 6.40. The van der Waals surface area contributed by atoms with E-state index in [0.29, 0.717) is 0 Å². The van der Waals surface area contributed by atoms with Crippen molar-refractivity contribution in [2.24, 2.45) is 0 Å². The van der Waals surface area contributed by atoms with Gasteiger partial charge >= 0.3 is 5.97 Å². The highest BCUT2D eigenvalue weighted by atomic mass is 32.1. The third-order valence-electron chi connectivity index (χ3n) is 2.91. The number of hydrogen-bond donors (Lipinski definition) is 1. The van der Waals surface area contributed by atoms with E-state index in [1.54, 1.807) is 11.3 Å². The van der Waals surface area contributed by atoms with Crippen LogP contribution in [0.1, 0.15) is 30.0 Å². The number of aliphatic carboxylic acids is 1. The molecule has 1 aromatic heterocycles. The number of nitrogens with zero attached hydrogens (tertiary/aromatic N) is 2. The summed E-state index contributed by atoms with van der Waals surface area (Å²) in [7, 11) is 0. The third-order valence-corrected chi connectivity index (χ3v) is 3.87. The molecule has 1 aliphatic heterocycles. The second-order valence-corrected chi connectivity index (χ2v) is 5.19. The zero-order valence-corrected chi connectivity index (χ0v) is 10.2. The summed E-state index contributed by atoms with van der Waals surface area (Å²) in [6, 6.07) is 0.196. The van der Waals surface area contributed by atoms with Crippen LogP contribution in [-0.2, 0) is 11.3 Å². The summed E-state index contributed by atoms with van der Waals surface area (Å²) in [6.45, 7) is 3.78. The quantitative estimate of drug-likeness (QED) is 0.873. The van der Waals surface area contributed by atoms with Crippen molar-refractivity contribution in [3.8, 4) is 0 Å². The van der Waals surface area contributed by atoms with Crippen molar-refractivity contribution in [3.63, 3.8) is 0 Å². The van der Waals surface area contributed by atoms with Gasteiger partial charge in [0.05, 0.1) is 13.0 Å². The molecule has 1 saturated heterocycles. The molecule has 4 nitrogen and oxygen atoms in total. The molecule has 0 radical (unpaired) electrons. The number of thiazole rings is 1. The van der Waals surface area contributed by atoms with Crippen molar-refractivity contribution in [3.05, 3.63) is 16.1 Å². The number of carboxylic acids is 1. The number of rotatable bonds is 4. The second-order valence-electron chi connectivity index (χ2n) is 4.25. The van der Waals surface area contributed by atoms with Gasteiger partial charge in [-0.1, -0.05) is 0 Å². The first-order valence-electron chi connectivity index (χ1n) is 5.52. The van der Waals surface area contributed by atoms with Crippen molar-refractivity contribution in [1.82, 2.24) is 9.88 Å². The van der Waals surface area contributed by atoms with E-state index in [4.69, 9.17) is 5.11 Å². The second kappa shape index (κ2) is 4.93. The van der Waals surface area contributed by atoms with Crippen LogP contribution in [0.5, 0.6) is 0 Å². The maximum absolute atomic E-state index is 10.7. The van der Waals surface area contributed by atoms with Crippen molar-refractivity contribution in [2.75, 3.05) is 6.54 Å². The van der Waals surface area contributed by atoms with Gasteiger partial charge in [-0.2, -0.15) is 0 Å². The monoisotopic (exact) mass is 240 g/mol. The number of aryl methyl sites for hydroxylation is 1. The van der Waals surface area contributed by atoms with Crippen LogP contribution in [0.4, 0.5) is 0 Å². The van der Waals surface area contributed by atoms with Crippen LogP contribution >= 0.6 is 11.3 Å². The number of hydrogen-bond acceptors (Lipinski definition) is 4. The smallest absolute Gasteiger partial charge is 0.304 e. The molecule has 1 aromatic rings. The summed E-state index contributed by atoms with van der Waals surface area (Å²) in [4.78, 5) is 17.4. The lowest BCUT2D eigenvalue weighted by atomic mass is 10.1. The van der Waals surface area contributed by atoms with Gasteiger partial charge in [0.25, 0.3) is 0 Å². The molecule has 1 atom stereocenters. The molecule has 1 unspecified atom stereocenters. The average molecular weight is 240 g/mol. The van der Waals surface area contributed by atoms with Crippen LogP contribution in [-0.4, -0.2) is 33.5 Å². The Morgan fingerprint density at radius 1 is 1.75 bits per heavy atom. The van der Waals surface area contributed by atoms with E-state index in [1.165, 1.54) is 0 Å². The molecule has 1 N–H and O–H groups in total. The summed E-state index contributed by atoms with van der Waals surface area (Å²) in [5.74, 6) is -0.702. The molecule has 0 spiro atoms. The minimum absolute atomic E-state index is 0.196. The number of aromatic nitrogens is 1. The molecule has 2 heterocycles. The van der Waals surface area contributed by atoms with Gasteiger partial charge in [-0.15, -0.1) is 11.3 Å². The Kier molecular flexibility index (Phi) is 3.56. The lowest BCUT2D eigenvalue weighted by Crippen LogP contribution is -2.30. The molecule has 16 heavy (non-hydrogen) atoms. The van der Waals surface area contributed by atoms with Gasteiger partial charge in [0.1, 0.15) is 5.01 Å². The third kappa shape index (κ3) is 2.80. The molecule has 1 aliphatic rings. The lowest BCUT2D eigenvalue weighted by molar-refractivity contribution is -0.138. The van der Waals surface area contributed by atoms with E-state index < -0.39 is 5.97 Å². The van der Waals surface area contributed by atoms with Crippen molar-refractivity contribution < 1.29 is 9.90 Å². The summed E-state index contributed by atoms with van der Waals surface area (Å²) < 4.78 is 0. The van der Waals surface area contributed by atoms with E-state index in [-0.39, 0.29) is 12.5 Å². The standard InChI is InChI=1S/C11H16N2O2S/c1-8-7-16-10(12-8)6-13-4-2-3-9(13)5-11(14)15/h7,9H,2-6H2,1H3,(H,14,15). The first kappa shape index (κ1) is 11.5. The Hall–Kier alpha value is -0.940. The van der Waals surface area contributed by atoms with Crippen LogP contribution in [0, 0.1) is 6.92 Å². The molecule has 1 fully saturated rings. The maximum Gasteiger partial charge on any atom is 0.304 e.